The van der Waals surface area contributed by atoms with Crippen molar-refractivity contribution in [1.82, 2.24) is 5.32 Å². The van der Waals surface area contributed by atoms with Crippen LogP contribution in [0.2, 0.25) is 10.1 Å². The van der Waals surface area contributed by atoms with Crippen molar-refractivity contribution in [1.29, 1.82) is 0 Å². The molecular formula is C26H28ClNO3Si. The van der Waals surface area contributed by atoms with E-state index < -0.39 is 26.6 Å². The van der Waals surface area contributed by atoms with Crippen molar-refractivity contribution in [2.24, 2.45) is 0 Å². The molecule has 1 aliphatic carbocycles. The van der Waals surface area contributed by atoms with E-state index in [9.17, 15) is 9.90 Å². The number of rotatable bonds is 5. The van der Waals surface area contributed by atoms with Crippen LogP contribution in [-0.2, 0) is 10.8 Å². The first-order valence-corrected chi connectivity index (χ1v) is 13.1. The smallest absolute Gasteiger partial charge is 0.404 e. The normalized spacial score (nSPS) is 18.2. The zero-order chi connectivity index (χ0) is 22.9. The first kappa shape index (κ1) is 22.6. The number of nitrogens with one attached hydrogen (secondary N) is 1. The highest BCUT2D eigenvalue weighted by atomic mass is 35.5. The molecule has 0 fully saturated rings. The average Bonchev–Trinajstić information content (AvgIpc) is 3.09. The van der Waals surface area contributed by atoms with Gasteiger partial charge in [0.2, 0.25) is 0 Å². The minimum Gasteiger partial charge on any atom is -0.465 e. The van der Waals surface area contributed by atoms with Crippen molar-refractivity contribution in [3.63, 3.8) is 0 Å². The van der Waals surface area contributed by atoms with Crippen molar-refractivity contribution >= 4 is 36.4 Å². The van der Waals surface area contributed by atoms with Crippen LogP contribution in [0.3, 0.4) is 0 Å². The standard InChI is InChI=1S/C26H28ClNO3Si/c1-26(2,3)32(19-12-6-4-7-13-19,20-14-8-5-9-15-20)31-24-22(28-25(29)30)17-18-11-10-16-21(27)23(18)24/h4-16,22,24,28H,17H2,1-3H3,(H,29,30)/t22-,24+/m0/s1. The van der Waals surface area contributed by atoms with Gasteiger partial charge >= 0.3 is 6.09 Å². The molecule has 0 bridgehead atoms. The lowest BCUT2D eigenvalue weighted by atomic mass is 10.1. The number of amides is 1. The Labute approximate surface area is 195 Å². The summed E-state index contributed by atoms with van der Waals surface area (Å²) in [7, 11) is -2.89. The molecule has 3 aromatic rings. The SMILES string of the molecule is CC(C)(C)[Si](O[C@H]1c2c(Cl)cccc2C[C@@H]1NC(=O)O)(c1ccccc1)c1ccccc1. The van der Waals surface area contributed by atoms with E-state index in [1.165, 1.54) is 0 Å². The molecular weight excluding hydrogens is 438 g/mol. The second-order valence-corrected chi connectivity index (χ2v) is 13.9. The maximum atomic E-state index is 11.7. The summed E-state index contributed by atoms with van der Waals surface area (Å²) in [6, 6.07) is 26.0. The quantitative estimate of drug-likeness (QED) is 0.512. The molecule has 0 aromatic heterocycles. The van der Waals surface area contributed by atoms with Gasteiger partial charge in [-0.15, -0.1) is 0 Å². The first-order chi connectivity index (χ1) is 15.2. The molecule has 0 radical (unpaired) electrons. The lowest BCUT2D eigenvalue weighted by molar-refractivity contribution is 0.141. The Morgan fingerprint density at radius 3 is 2.03 bits per heavy atom. The Bertz CT molecular complexity index is 1060. The molecule has 1 aliphatic rings. The van der Waals surface area contributed by atoms with Crippen molar-refractivity contribution in [2.75, 3.05) is 0 Å². The lowest BCUT2D eigenvalue weighted by Crippen LogP contribution is -2.67. The van der Waals surface area contributed by atoms with Crippen molar-refractivity contribution < 1.29 is 14.3 Å². The summed E-state index contributed by atoms with van der Waals surface area (Å²) in [6.07, 6.45) is -0.999. The van der Waals surface area contributed by atoms with Gasteiger partial charge < -0.3 is 14.8 Å². The summed E-state index contributed by atoms with van der Waals surface area (Å²) in [5, 5.41) is 14.9. The van der Waals surface area contributed by atoms with Crippen LogP contribution in [0, 0.1) is 0 Å². The summed E-state index contributed by atoms with van der Waals surface area (Å²) in [5.74, 6) is 0. The Morgan fingerprint density at radius 2 is 1.53 bits per heavy atom. The minimum atomic E-state index is -2.89. The lowest BCUT2D eigenvalue weighted by Gasteiger charge is -2.45. The number of hydrogen-bond donors (Lipinski definition) is 2. The molecule has 2 N–H and O–H groups in total. The molecule has 0 unspecified atom stereocenters. The highest BCUT2D eigenvalue weighted by Crippen LogP contribution is 2.45. The predicted octanol–water partition coefficient (Wildman–Crippen LogP) is 5.15. The van der Waals surface area contributed by atoms with Crippen LogP contribution in [-0.4, -0.2) is 25.6 Å². The third-order valence-electron chi connectivity index (χ3n) is 6.26. The van der Waals surface area contributed by atoms with Crippen molar-refractivity contribution in [2.45, 2.75) is 44.4 Å². The molecule has 32 heavy (non-hydrogen) atoms. The van der Waals surface area contributed by atoms with Crippen molar-refractivity contribution in [3.05, 3.63) is 95.0 Å². The van der Waals surface area contributed by atoms with Crippen LogP contribution in [0.1, 0.15) is 38.0 Å². The Balaban J connectivity index is 1.94. The largest absolute Gasteiger partial charge is 0.465 e. The zero-order valence-corrected chi connectivity index (χ0v) is 20.3. The zero-order valence-electron chi connectivity index (χ0n) is 18.5. The highest BCUT2D eigenvalue weighted by Gasteiger charge is 2.53. The third kappa shape index (κ3) is 3.96. The molecule has 4 rings (SSSR count). The molecule has 0 saturated heterocycles. The van der Waals surface area contributed by atoms with Gasteiger partial charge in [0.25, 0.3) is 8.32 Å². The van der Waals surface area contributed by atoms with Crippen molar-refractivity contribution in [3.8, 4) is 0 Å². The Kier molecular flexibility index (Phi) is 6.17. The molecule has 0 aliphatic heterocycles. The first-order valence-electron chi connectivity index (χ1n) is 10.8. The van der Waals surface area contributed by atoms with E-state index in [2.05, 4.69) is 50.4 Å². The van der Waals surface area contributed by atoms with Crippen LogP contribution >= 0.6 is 11.6 Å². The van der Waals surface area contributed by atoms with Gasteiger partial charge in [0.15, 0.2) is 0 Å². The van der Waals surface area contributed by atoms with Gasteiger partial charge in [-0.1, -0.05) is 105 Å². The van der Waals surface area contributed by atoms with Crippen LogP contribution in [0.4, 0.5) is 4.79 Å². The summed E-state index contributed by atoms with van der Waals surface area (Å²) < 4.78 is 7.29. The van der Waals surface area contributed by atoms with E-state index in [-0.39, 0.29) is 5.04 Å². The second kappa shape index (κ2) is 8.74. The number of fused-ring (bicyclic) bond motifs is 1. The summed E-state index contributed by atoms with van der Waals surface area (Å²) in [4.78, 5) is 11.7. The van der Waals surface area contributed by atoms with E-state index in [1.807, 2.05) is 54.6 Å². The number of carboxylic acid groups (broad SMARTS) is 1. The van der Waals surface area contributed by atoms with Gasteiger partial charge in [-0.25, -0.2) is 4.79 Å². The Morgan fingerprint density at radius 1 is 0.969 bits per heavy atom. The number of benzene rings is 3. The second-order valence-electron chi connectivity index (χ2n) is 9.27. The average molecular weight is 466 g/mol. The van der Waals surface area contributed by atoms with Crippen LogP contribution < -0.4 is 15.7 Å². The van der Waals surface area contributed by atoms with Gasteiger partial charge in [0, 0.05) is 10.6 Å². The van der Waals surface area contributed by atoms with Gasteiger partial charge in [0.05, 0.1) is 12.1 Å². The van der Waals surface area contributed by atoms with E-state index in [0.29, 0.717) is 11.4 Å². The fourth-order valence-electron chi connectivity index (χ4n) is 4.93. The van der Waals surface area contributed by atoms with Gasteiger partial charge in [0.1, 0.15) is 0 Å². The molecule has 0 saturated carbocycles. The van der Waals surface area contributed by atoms with Gasteiger partial charge in [-0.2, -0.15) is 0 Å². The van der Waals surface area contributed by atoms with E-state index in [1.54, 1.807) is 0 Å². The maximum absolute atomic E-state index is 11.7. The van der Waals surface area contributed by atoms with E-state index in [0.717, 1.165) is 21.5 Å². The summed E-state index contributed by atoms with van der Waals surface area (Å²) in [6.45, 7) is 6.63. The molecule has 6 heteroatoms. The monoisotopic (exact) mass is 465 g/mol. The highest BCUT2D eigenvalue weighted by molar-refractivity contribution is 6.99. The molecule has 4 nitrogen and oxygen atoms in total. The third-order valence-corrected chi connectivity index (χ3v) is 11.6. The molecule has 2 atom stereocenters. The summed E-state index contributed by atoms with van der Waals surface area (Å²) >= 11 is 6.66. The van der Waals surface area contributed by atoms with Crippen LogP contribution in [0.15, 0.2) is 78.9 Å². The summed E-state index contributed by atoms with van der Waals surface area (Å²) in [5.41, 5.74) is 1.92. The topological polar surface area (TPSA) is 58.6 Å². The van der Waals surface area contributed by atoms with Crippen LogP contribution in [0.5, 0.6) is 0 Å². The molecule has 166 valence electrons. The van der Waals surface area contributed by atoms with E-state index >= 15 is 0 Å². The number of hydrogen-bond acceptors (Lipinski definition) is 2. The fourth-order valence-corrected chi connectivity index (χ4v) is 9.91. The molecule has 0 heterocycles. The van der Waals surface area contributed by atoms with E-state index in [4.69, 9.17) is 16.0 Å². The van der Waals surface area contributed by atoms with Gasteiger partial charge in [-0.05, 0) is 33.5 Å². The predicted molar refractivity (Wildman–Crippen MR) is 132 cm³/mol. The molecule has 1 amide bonds. The fraction of sp³-hybridized carbons (Fsp3) is 0.269. The maximum Gasteiger partial charge on any atom is 0.404 e. The minimum absolute atomic E-state index is 0.229. The Hall–Kier alpha value is -2.60. The van der Waals surface area contributed by atoms with Gasteiger partial charge in [-0.3, -0.25) is 0 Å². The number of halogens is 1. The van der Waals surface area contributed by atoms with Crippen LogP contribution in [0.25, 0.3) is 0 Å². The molecule has 3 aromatic carbocycles. The molecule has 0 spiro atoms. The number of carbonyl (C=O) groups is 1.